The van der Waals surface area contributed by atoms with Gasteiger partial charge in [0.2, 0.25) is 5.95 Å². The molecule has 5 saturated carbocycles. The Morgan fingerprint density at radius 1 is 1.21 bits per heavy atom. The van der Waals surface area contributed by atoms with Crippen LogP contribution in [0.5, 0.6) is 0 Å². The van der Waals surface area contributed by atoms with Crippen molar-refractivity contribution in [1.82, 2.24) is 15.3 Å². The van der Waals surface area contributed by atoms with Gasteiger partial charge < -0.3 is 20.1 Å². The third-order valence-corrected chi connectivity index (χ3v) is 7.69. The van der Waals surface area contributed by atoms with Crippen LogP contribution in [0.15, 0.2) is 6.20 Å². The van der Waals surface area contributed by atoms with Crippen LogP contribution in [-0.4, -0.2) is 58.9 Å². The Bertz CT molecular complexity index is 803. The maximum absolute atomic E-state index is 13.2. The Hall–Kier alpha value is -1.73. The summed E-state index contributed by atoms with van der Waals surface area (Å²) in [6, 6.07) is 0.200. The quantitative estimate of drug-likeness (QED) is 0.817. The lowest BCUT2D eigenvalue weighted by molar-refractivity contribution is -0.0192. The summed E-state index contributed by atoms with van der Waals surface area (Å²) in [5.74, 6) is 2.53. The number of amides is 1. The van der Waals surface area contributed by atoms with Crippen molar-refractivity contribution in [3.05, 3.63) is 17.5 Å². The molecule has 2 N–H and O–H groups in total. The van der Waals surface area contributed by atoms with E-state index in [0.717, 1.165) is 63.3 Å². The van der Waals surface area contributed by atoms with Crippen molar-refractivity contribution < 1.29 is 14.6 Å². The van der Waals surface area contributed by atoms with E-state index in [1.807, 2.05) is 0 Å². The van der Waals surface area contributed by atoms with E-state index in [-0.39, 0.29) is 11.9 Å². The summed E-state index contributed by atoms with van der Waals surface area (Å²) < 4.78 is 5.42. The zero-order chi connectivity index (χ0) is 18.9. The van der Waals surface area contributed by atoms with Crippen LogP contribution < -0.4 is 10.2 Å². The first-order chi connectivity index (χ1) is 13.6. The maximum Gasteiger partial charge on any atom is 0.254 e. The molecule has 1 aromatic heterocycles. The smallest absolute Gasteiger partial charge is 0.254 e. The topological polar surface area (TPSA) is 87.6 Å². The van der Waals surface area contributed by atoms with Gasteiger partial charge in [-0.3, -0.25) is 4.79 Å². The summed E-state index contributed by atoms with van der Waals surface area (Å²) in [5, 5.41) is 14.0. The molecule has 150 valence electrons. The second-order valence-corrected chi connectivity index (χ2v) is 9.60. The number of aromatic nitrogens is 2. The highest BCUT2D eigenvalue weighted by atomic mass is 16.5. The first-order valence-corrected chi connectivity index (χ1v) is 10.8. The number of hydrogen-bond acceptors (Lipinski definition) is 6. The molecule has 1 aliphatic heterocycles. The molecule has 7 heteroatoms. The predicted molar refractivity (Wildman–Crippen MR) is 102 cm³/mol. The molecule has 1 amide bonds. The summed E-state index contributed by atoms with van der Waals surface area (Å²) in [6.45, 7) is 2.99. The van der Waals surface area contributed by atoms with Crippen LogP contribution in [0.1, 0.15) is 60.5 Å². The molecule has 0 aromatic carbocycles. The lowest BCUT2D eigenvalue weighted by Gasteiger charge is -2.38. The molecule has 6 aliphatic rings. The third-order valence-electron chi connectivity index (χ3n) is 7.69. The van der Waals surface area contributed by atoms with Gasteiger partial charge in [0.15, 0.2) is 0 Å². The number of rotatable bonds is 4. The predicted octanol–water partition coefficient (Wildman–Crippen LogP) is 1.47. The van der Waals surface area contributed by atoms with Gasteiger partial charge in [-0.1, -0.05) is 0 Å². The minimum absolute atomic E-state index is 0.0246. The third kappa shape index (κ3) is 2.74. The highest BCUT2D eigenvalue weighted by molar-refractivity contribution is 5.95. The number of ether oxygens (including phenoxy) is 1. The minimum atomic E-state index is -0.457. The molecular weight excluding hydrogens is 356 g/mol. The zero-order valence-corrected chi connectivity index (χ0v) is 16.1. The monoisotopic (exact) mass is 384 g/mol. The highest BCUT2D eigenvalue weighted by Gasteiger charge is 2.60. The van der Waals surface area contributed by atoms with Crippen molar-refractivity contribution in [1.29, 1.82) is 0 Å². The molecular formula is C21H28N4O3. The first-order valence-electron chi connectivity index (χ1n) is 10.8. The minimum Gasteiger partial charge on any atom is -0.390 e. The van der Waals surface area contributed by atoms with E-state index in [4.69, 9.17) is 9.72 Å². The van der Waals surface area contributed by atoms with Gasteiger partial charge in [-0.25, -0.2) is 9.97 Å². The number of morpholine rings is 1. The highest BCUT2D eigenvalue weighted by Crippen LogP contribution is 2.60. The SMILES string of the molecule is O=C(N[C@@H]1[C@@H]2CC3C[C@@](O)(C2)C[C@H]31)c1cnc(N2CCOCC2)nc1C1CC1. The Kier molecular flexibility index (Phi) is 3.76. The van der Waals surface area contributed by atoms with Crippen LogP contribution in [0.4, 0.5) is 5.95 Å². The van der Waals surface area contributed by atoms with Crippen molar-refractivity contribution in [2.75, 3.05) is 31.2 Å². The van der Waals surface area contributed by atoms with E-state index >= 15 is 0 Å². The van der Waals surface area contributed by atoms with Crippen molar-refractivity contribution >= 4 is 11.9 Å². The maximum atomic E-state index is 13.2. The Labute approximate surface area is 164 Å². The molecule has 1 aromatic rings. The van der Waals surface area contributed by atoms with Gasteiger partial charge in [0.25, 0.3) is 5.91 Å². The molecule has 1 unspecified atom stereocenters. The fourth-order valence-electron chi connectivity index (χ4n) is 6.35. The second-order valence-electron chi connectivity index (χ2n) is 9.60. The van der Waals surface area contributed by atoms with Crippen LogP contribution in [0.3, 0.4) is 0 Å². The number of nitrogens with zero attached hydrogens (tertiary/aromatic N) is 3. The van der Waals surface area contributed by atoms with Gasteiger partial charge in [0.1, 0.15) is 0 Å². The number of nitrogens with one attached hydrogen (secondary N) is 1. The fourth-order valence-corrected chi connectivity index (χ4v) is 6.35. The van der Waals surface area contributed by atoms with Crippen molar-refractivity contribution in [2.24, 2.45) is 17.8 Å². The molecule has 7 nitrogen and oxygen atoms in total. The summed E-state index contributed by atoms with van der Waals surface area (Å²) in [5.41, 5.74) is 1.11. The van der Waals surface area contributed by atoms with Gasteiger partial charge in [-0.05, 0) is 56.3 Å². The van der Waals surface area contributed by atoms with Gasteiger partial charge >= 0.3 is 0 Å². The van der Waals surface area contributed by atoms with Gasteiger partial charge in [-0.15, -0.1) is 0 Å². The largest absolute Gasteiger partial charge is 0.390 e. The van der Waals surface area contributed by atoms with E-state index in [0.29, 0.717) is 42.4 Å². The summed E-state index contributed by atoms with van der Waals surface area (Å²) in [4.78, 5) is 24.7. The molecule has 1 saturated heterocycles. The molecule has 5 aliphatic carbocycles. The number of anilines is 1. The summed E-state index contributed by atoms with van der Waals surface area (Å²) in [7, 11) is 0. The van der Waals surface area contributed by atoms with Crippen LogP contribution in [0.2, 0.25) is 0 Å². The van der Waals surface area contributed by atoms with Gasteiger partial charge in [0, 0.05) is 31.2 Å². The molecule has 6 fully saturated rings. The fraction of sp³-hybridized carbons (Fsp3) is 0.762. The second kappa shape index (κ2) is 6.13. The summed E-state index contributed by atoms with van der Waals surface area (Å²) >= 11 is 0. The lowest BCUT2D eigenvalue weighted by atomic mass is 9.76. The average Bonchev–Trinajstić information content (AvgIpc) is 3.48. The Balaban J connectivity index is 1.23. The normalized spacial score (nSPS) is 38.8. The van der Waals surface area contributed by atoms with Crippen molar-refractivity contribution in [3.8, 4) is 0 Å². The van der Waals surface area contributed by atoms with Crippen LogP contribution in [0, 0.1) is 17.8 Å². The van der Waals surface area contributed by atoms with E-state index in [2.05, 4.69) is 15.2 Å². The summed E-state index contributed by atoms with van der Waals surface area (Å²) in [6.07, 6.45) is 7.70. The number of carbonyl (C=O) groups is 1. The van der Waals surface area contributed by atoms with Gasteiger partial charge in [0.05, 0.1) is 30.1 Å². The van der Waals surface area contributed by atoms with E-state index in [1.54, 1.807) is 6.20 Å². The number of hydrogen-bond donors (Lipinski definition) is 2. The zero-order valence-electron chi connectivity index (χ0n) is 16.1. The first kappa shape index (κ1) is 17.2. The molecule has 4 bridgehead atoms. The Morgan fingerprint density at radius 3 is 2.75 bits per heavy atom. The van der Waals surface area contributed by atoms with Crippen LogP contribution in [0.25, 0.3) is 0 Å². The number of aliphatic hydroxyl groups is 1. The van der Waals surface area contributed by atoms with Crippen LogP contribution >= 0.6 is 0 Å². The molecule has 5 atom stereocenters. The molecule has 7 rings (SSSR count). The van der Waals surface area contributed by atoms with E-state index in [9.17, 15) is 9.90 Å². The van der Waals surface area contributed by atoms with Crippen molar-refractivity contribution in [3.63, 3.8) is 0 Å². The number of carbonyl (C=O) groups excluding carboxylic acids is 1. The lowest BCUT2D eigenvalue weighted by Crippen LogP contribution is -2.48. The average molecular weight is 384 g/mol. The van der Waals surface area contributed by atoms with Crippen LogP contribution in [-0.2, 0) is 4.74 Å². The molecule has 0 spiro atoms. The molecule has 2 heterocycles. The van der Waals surface area contributed by atoms with Crippen molar-refractivity contribution in [2.45, 2.75) is 56.1 Å². The molecule has 0 radical (unpaired) electrons. The standard InChI is InChI=1S/C21H28N4O3/c26-19(23-18-14-7-13-8-21(27,9-14)10-15(13)18)16-11-22-20(24-17(16)12-1-2-12)25-3-5-28-6-4-25/h11-15,18,27H,1-10H2,(H,23,26)/t13?,14-,15-,18-,21-/m1/s1. The van der Waals surface area contributed by atoms with E-state index < -0.39 is 5.60 Å². The van der Waals surface area contributed by atoms with Gasteiger partial charge in [-0.2, -0.15) is 0 Å². The molecule has 28 heavy (non-hydrogen) atoms. The van der Waals surface area contributed by atoms with E-state index in [1.165, 1.54) is 0 Å². The Morgan fingerprint density at radius 2 is 2.00 bits per heavy atom.